The molecule has 0 bridgehead atoms. The molecule has 5 nitrogen and oxygen atoms in total. The predicted molar refractivity (Wildman–Crippen MR) is 96.4 cm³/mol. The molecule has 1 unspecified atom stereocenters. The number of amides is 2. The van der Waals surface area contributed by atoms with Crippen LogP contribution in [-0.4, -0.2) is 29.5 Å². The Labute approximate surface area is 160 Å². The third kappa shape index (κ3) is 4.82. The van der Waals surface area contributed by atoms with Gasteiger partial charge in [-0.2, -0.15) is 13.2 Å². The van der Waals surface area contributed by atoms with E-state index in [1.54, 1.807) is 0 Å². The Bertz CT molecular complexity index is 823. The summed E-state index contributed by atoms with van der Waals surface area (Å²) in [6.45, 7) is 0.488. The van der Waals surface area contributed by atoms with E-state index in [9.17, 15) is 22.8 Å². The summed E-state index contributed by atoms with van der Waals surface area (Å²) in [6, 6.07) is 12.6. The van der Waals surface area contributed by atoms with Crippen LogP contribution >= 0.6 is 0 Å². The molecule has 148 valence electrons. The van der Waals surface area contributed by atoms with Crippen LogP contribution in [0.15, 0.2) is 54.6 Å². The first-order valence-electron chi connectivity index (χ1n) is 8.80. The lowest BCUT2D eigenvalue weighted by molar-refractivity contribution is -0.137. The summed E-state index contributed by atoms with van der Waals surface area (Å²) in [6.07, 6.45) is -3.92. The third-order valence-electron chi connectivity index (χ3n) is 4.47. The molecule has 0 aromatic heterocycles. The van der Waals surface area contributed by atoms with Crippen molar-refractivity contribution in [2.45, 2.75) is 31.7 Å². The Morgan fingerprint density at radius 1 is 1.07 bits per heavy atom. The highest BCUT2D eigenvalue weighted by molar-refractivity contribution is 5.96. The lowest BCUT2D eigenvalue weighted by Gasteiger charge is -2.23. The normalized spacial score (nSPS) is 16.7. The minimum atomic E-state index is -4.44. The van der Waals surface area contributed by atoms with E-state index in [4.69, 9.17) is 4.74 Å². The van der Waals surface area contributed by atoms with Crippen molar-refractivity contribution in [1.82, 2.24) is 4.90 Å². The van der Waals surface area contributed by atoms with Gasteiger partial charge in [0.05, 0.1) is 5.56 Å². The van der Waals surface area contributed by atoms with E-state index in [-0.39, 0.29) is 12.3 Å². The molecule has 2 aromatic rings. The number of rotatable bonds is 4. The third-order valence-corrected chi connectivity index (χ3v) is 4.47. The standard InChI is InChI=1S/C20H19F3N2O3/c21-20(22,23)15-8-10-16(11-9-15)24-18(26)17-7-4-12-25(17)19(27)28-13-14-5-2-1-3-6-14/h1-3,5-6,8-11,17H,4,7,12-13H2,(H,24,26). The van der Waals surface area contributed by atoms with E-state index < -0.39 is 29.8 Å². The van der Waals surface area contributed by atoms with E-state index in [1.807, 2.05) is 30.3 Å². The molecule has 2 aromatic carbocycles. The van der Waals surface area contributed by atoms with E-state index in [0.29, 0.717) is 19.4 Å². The monoisotopic (exact) mass is 392 g/mol. The molecule has 28 heavy (non-hydrogen) atoms. The van der Waals surface area contributed by atoms with Gasteiger partial charge in [0.15, 0.2) is 0 Å². The van der Waals surface area contributed by atoms with Gasteiger partial charge < -0.3 is 10.1 Å². The Morgan fingerprint density at radius 2 is 1.75 bits per heavy atom. The van der Waals surface area contributed by atoms with Crippen molar-refractivity contribution in [2.75, 3.05) is 11.9 Å². The second-order valence-corrected chi connectivity index (χ2v) is 6.46. The zero-order valence-corrected chi connectivity index (χ0v) is 14.9. The molecule has 1 fully saturated rings. The van der Waals surface area contributed by atoms with Crippen molar-refractivity contribution >= 4 is 17.7 Å². The van der Waals surface area contributed by atoms with Gasteiger partial charge in [-0.15, -0.1) is 0 Å². The highest BCUT2D eigenvalue weighted by atomic mass is 19.4. The minimum absolute atomic E-state index is 0.101. The van der Waals surface area contributed by atoms with Crippen LogP contribution in [0.3, 0.4) is 0 Å². The number of carbonyl (C=O) groups is 2. The van der Waals surface area contributed by atoms with Crippen LogP contribution in [0.5, 0.6) is 0 Å². The van der Waals surface area contributed by atoms with Crippen molar-refractivity contribution < 1.29 is 27.5 Å². The van der Waals surface area contributed by atoms with Gasteiger partial charge in [-0.05, 0) is 42.7 Å². The van der Waals surface area contributed by atoms with Crippen LogP contribution in [0.4, 0.5) is 23.7 Å². The van der Waals surface area contributed by atoms with Crippen molar-refractivity contribution in [2.24, 2.45) is 0 Å². The van der Waals surface area contributed by atoms with Gasteiger partial charge in [-0.1, -0.05) is 30.3 Å². The number of ether oxygens (including phenoxy) is 1. The molecule has 0 radical (unpaired) electrons. The molecule has 1 heterocycles. The number of hydrogen-bond acceptors (Lipinski definition) is 3. The second kappa shape index (κ2) is 8.33. The number of nitrogens with zero attached hydrogens (tertiary/aromatic N) is 1. The Morgan fingerprint density at radius 3 is 2.39 bits per heavy atom. The van der Waals surface area contributed by atoms with Gasteiger partial charge in [-0.25, -0.2) is 4.79 Å². The summed E-state index contributed by atoms with van der Waals surface area (Å²) >= 11 is 0. The largest absolute Gasteiger partial charge is 0.445 e. The fourth-order valence-electron chi connectivity index (χ4n) is 3.03. The molecule has 0 spiro atoms. The maximum atomic E-state index is 12.6. The smallest absolute Gasteiger partial charge is 0.416 e. The minimum Gasteiger partial charge on any atom is -0.445 e. The molecule has 0 saturated carbocycles. The number of alkyl halides is 3. The number of nitrogens with one attached hydrogen (secondary N) is 1. The molecule has 2 amide bonds. The summed E-state index contributed by atoms with van der Waals surface area (Å²) in [5.41, 5.74) is 0.279. The average Bonchev–Trinajstić information content (AvgIpc) is 3.17. The zero-order chi connectivity index (χ0) is 20.1. The van der Waals surface area contributed by atoms with Crippen LogP contribution in [0.25, 0.3) is 0 Å². The first-order valence-corrected chi connectivity index (χ1v) is 8.80. The van der Waals surface area contributed by atoms with Gasteiger partial charge in [0.2, 0.25) is 5.91 Å². The van der Waals surface area contributed by atoms with Crippen molar-refractivity contribution in [1.29, 1.82) is 0 Å². The topological polar surface area (TPSA) is 58.6 Å². The maximum Gasteiger partial charge on any atom is 0.416 e. The molecule has 8 heteroatoms. The van der Waals surface area contributed by atoms with Gasteiger partial charge in [-0.3, -0.25) is 9.69 Å². The van der Waals surface area contributed by atoms with Gasteiger partial charge in [0, 0.05) is 12.2 Å². The highest BCUT2D eigenvalue weighted by Crippen LogP contribution is 2.30. The maximum absolute atomic E-state index is 12.6. The Kier molecular flexibility index (Phi) is 5.87. The molecular formula is C20H19F3N2O3. The van der Waals surface area contributed by atoms with Gasteiger partial charge >= 0.3 is 12.3 Å². The highest BCUT2D eigenvalue weighted by Gasteiger charge is 2.35. The number of likely N-dealkylation sites (tertiary alicyclic amines) is 1. The van der Waals surface area contributed by atoms with Gasteiger partial charge in [0.25, 0.3) is 0 Å². The molecule has 0 aliphatic carbocycles. The average molecular weight is 392 g/mol. The van der Waals surface area contributed by atoms with Crippen molar-refractivity contribution in [3.05, 3.63) is 65.7 Å². The fourth-order valence-corrected chi connectivity index (χ4v) is 3.03. The van der Waals surface area contributed by atoms with Crippen LogP contribution in [0, 0.1) is 0 Å². The fraction of sp³-hybridized carbons (Fsp3) is 0.300. The molecular weight excluding hydrogens is 373 g/mol. The second-order valence-electron chi connectivity index (χ2n) is 6.46. The number of anilines is 1. The quantitative estimate of drug-likeness (QED) is 0.837. The van der Waals surface area contributed by atoms with E-state index in [0.717, 1.165) is 17.7 Å². The molecule has 1 N–H and O–H groups in total. The van der Waals surface area contributed by atoms with E-state index in [2.05, 4.69) is 5.32 Å². The lowest BCUT2D eigenvalue weighted by atomic mass is 10.1. The first-order chi connectivity index (χ1) is 13.3. The number of carbonyl (C=O) groups excluding carboxylic acids is 2. The first kappa shape index (κ1) is 19.7. The molecule has 1 aliphatic heterocycles. The molecule has 1 aliphatic rings. The predicted octanol–water partition coefficient (Wildman–Crippen LogP) is 4.45. The van der Waals surface area contributed by atoms with Crippen molar-refractivity contribution in [3.8, 4) is 0 Å². The Hall–Kier alpha value is -3.03. The van der Waals surface area contributed by atoms with Gasteiger partial charge in [0.1, 0.15) is 12.6 Å². The lowest BCUT2D eigenvalue weighted by Crippen LogP contribution is -2.43. The summed E-state index contributed by atoms with van der Waals surface area (Å²) in [4.78, 5) is 26.2. The van der Waals surface area contributed by atoms with E-state index >= 15 is 0 Å². The zero-order valence-electron chi connectivity index (χ0n) is 14.9. The summed E-state index contributed by atoms with van der Waals surface area (Å²) in [5.74, 6) is -0.450. The van der Waals surface area contributed by atoms with Crippen molar-refractivity contribution in [3.63, 3.8) is 0 Å². The number of benzene rings is 2. The van der Waals surface area contributed by atoms with Crippen LogP contribution in [0.2, 0.25) is 0 Å². The molecule has 3 rings (SSSR count). The SMILES string of the molecule is O=C(Nc1ccc(C(F)(F)F)cc1)C1CCCN1C(=O)OCc1ccccc1. The van der Waals surface area contributed by atoms with Crippen LogP contribution in [-0.2, 0) is 22.3 Å². The van der Waals surface area contributed by atoms with Crippen LogP contribution in [0.1, 0.15) is 24.0 Å². The van der Waals surface area contributed by atoms with E-state index in [1.165, 1.54) is 17.0 Å². The molecule has 1 saturated heterocycles. The summed E-state index contributed by atoms with van der Waals surface area (Å²) < 4.78 is 43.1. The molecule has 1 atom stereocenters. The number of hydrogen-bond donors (Lipinski definition) is 1. The summed E-state index contributed by atoms with van der Waals surface area (Å²) in [7, 11) is 0. The Balaban J connectivity index is 1.58. The number of halogens is 3. The van der Waals surface area contributed by atoms with Crippen LogP contribution < -0.4 is 5.32 Å². The summed E-state index contributed by atoms with van der Waals surface area (Å²) in [5, 5.41) is 2.57.